The van der Waals surface area contributed by atoms with Crippen LogP contribution in [-0.4, -0.2) is 18.1 Å². The zero-order valence-electron chi connectivity index (χ0n) is 11.6. The molecule has 1 saturated carbocycles. The van der Waals surface area contributed by atoms with E-state index in [1.165, 1.54) is 19.3 Å². The van der Waals surface area contributed by atoms with Crippen molar-refractivity contribution in [1.82, 2.24) is 10.3 Å². The summed E-state index contributed by atoms with van der Waals surface area (Å²) in [6.45, 7) is 5.56. The molecule has 1 fully saturated rings. The van der Waals surface area contributed by atoms with Gasteiger partial charge in [0.05, 0.1) is 7.11 Å². The molecule has 3 nitrogen and oxygen atoms in total. The third-order valence-electron chi connectivity index (χ3n) is 3.80. The van der Waals surface area contributed by atoms with Crippen molar-refractivity contribution in [3.63, 3.8) is 0 Å². The first-order chi connectivity index (χ1) is 8.69. The van der Waals surface area contributed by atoms with Crippen molar-refractivity contribution in [2.45, 2.75) is 45.7 Å². The van der Waals surface area contributed by atoms with E-state index >= 15 is 0 Å². The standard InChI is InChI=1S/C15H24N2O/c1-11-7-12(2)9-14(8-11)17-10-13-5-4-6-16-15(13)18-3/h4-6,11-12,14,17H,7-10H2,1-3H3. The average molecular weight is 248 g/mol. The van der Waals surface area contributed by atoms with Crippen LogP contribution in [0.5, 0.6) is 5.88 Å². The third kappa shape index (κ3) is 3.45. The molecule has 3 heteroatoms. The number of pyridine rings is 1. The summed E-state index contributed by atoms with van der Waals surface area (Å²) in [5.74, 6) is 2.41. The van der Waals surface area contributed by atoms with E-state index in [1.807, 2.05) is 6.07 Å². The molecule has 2 atom stereocenters. The summed E-state index contributed by atoms with van der Waals surface area (Å²) in [6, 6.07) is 4.67. The summed E-state index contributed by atoms with van der Waals surface area (Å²) in [7, 11) is 1.68. The number of nitrogens with zero attached hydrogens (tertiary/aromatic N) is 1. The van der Waals surface area contributed by atoms with Crippen molar-refractivity contribution in [3.05, 3.63) is 23.9 Å². The molecule has 1 aliphatic rings. The second-order valence-electron chi connectivity index (χ2n) is 5.67. The van der Waals surface area contributed by atoms with Gasteiger partial charge in [0.1, 0.15) is 0 Å². The fourth-order valence-corrected chi connectivity index (χ4v) is 3.11. The molecule has 0 aromatic carbocycles. The summed E-state index contributed by atoms with van der Waals surface area (Å²) < 4.78 is 5.28. The van der Waals surface area contributed by atoms with Gasteiger partial charge in [0.15, 0.2) is 0 Å². The Balaban J connectivity index is 1.91. The molecule has 0 saturated heterocycles. The van der Waals surface area contributed by atoms with Crippen molar-refractivity contribution < 1.29 is 4.74 Å². The van der Waals surface area contributed by atoms with Crippen LogP contribution in [0.3, 0.4) is 0 Å². The summed E-state index contributed by atoms with van der Waals surface area (Å²) >= 11 is 0. The molecule has 0 spiro atoms. The first kappa shape index (κ1) is 13.3. The number of aromatic nitrogens is 1. The maximum atomic E-state index is 5.28. The Morgan fingerprint density at radius 2 is 2.00 bits per heavy atom. The molecule has 1 aromatic rings. The predicted molar refractivity (Wildman–Crippen MR) is 73.6 cm³/mol. The molecule has 1 heterocycles. The van der Waals surface area contributed by atoms with E-state index in [0.717, 1.165) is 29.8 Å². The maximum absolute atomic E-state index is 5.28. The lowest BCUT2D eigenvalue weighted by Gasteiger charge is -2.32. The van der Waals surface area contributed by atoms with Crippen molar-refractivity contribution in [2.24, 2.45) is 11.8 Å². The monoisotopic (exact) mass is 248 g/mol. The van der Waals surface area contributed by atoms with Gasteiger partial charge in [-0.3, -0.25) is 0 Å². The number of hydrogen-bond donors (Lipinski definition) is 1. The van der Waals surface area contributed by atoms with Gasteiger partial charge in [0.2, 0.25) is 5.88 Å². The van der Waals surface area contributed by atoms with Crippen LogP contribution in [0.25, 0.3) is 0 Å². The van der Waals surface area contributed by atoms with Crippen molar-refractivity contribution in [2.75, 3.05) is 7.11 Å². The lowest BCUT2D eigenvalue weighted by molar-refractivity contribution is 0.237. The van der Waals surface area contributed by atoms with Crippen molar-refractivity contribution in [3.8, 4) is 5.88 Å². The normalized spacial score (nSPS) is 28.1. The molecule has 1 aromatic heterocycles. The highest BCUT2D eigenvalue weighted by atomic mass is 16.5. The summed E-state index contributed by atoms with van der Waals surface area (Å²) in [5, 5.41) is 3.65. The topological polar surface area (TPSA) is 34.1 Å². The zero-order chi connectivity index (χ0) is 13.0. The van der Waals surface area contributed by atoms with Crippen LogP contribution in [0.2, 0.25) is 0 Å². The number of methoxy groups -OCH3 is 1. The lowest BCUT2D eigenvalue weighted by Crippen LogP contribution is -2.36. The summed E-state index contributed by atoms with van der Waals surface area (Å²) in [5.41, 5.74) is 1.14. The van der Waals surface area contributed by atoms with Gasteiger partial charge in [-0.2, -0.15) is 0 Å². The Kier molecular flexibility index (Phi) is 4.59. The lowest BCUT2D eigenvalue weighted by atomic mass is 9.80. The first-order valence-corrected chi connectivity index (χ1v) is 6.90. The molecule has 18 heavy (non-hydrogen) atoms. The maximum Gasteiger partial charge on any atom is 0.217 e. The van der Waals surface area contributed by atoms with E-state index in [1.54, 1.807) is 13.3 Å². The molecule has 2 rings (SSSR count). The van der Waals surface area contributed by atoms with Gasteiger partial charge < -0.3 is 10.1 Å². The fraction of sp³-hybridized carbons (Fsp3) is 0.667. The largest absolute Gasteiger partial charge is 0.481 e. The van der Waals surface area contributed by atoms with Crippen LogP contribution >= 0.6 is 0 Å². The number of hydrogen-bond acceptors (Lipinski definition) is 3. The highest BCUT2D eigenvalue weighted by molar-refractivity contribution is 5.25. The average Bonchev–Trinajstić information content (AvgIpc) is 2.35. The van der Waals surface area contributed by atoms with E-state index in [-0.39, 0.29) is 0 Å². The SMILES string of the molecule is COc1ncccc1CNC1CC(C)CC(C)C1. The van der Waals surface area contributed by atoms with Crippen LogP contribution in [0, 0.1) is 11.8 Å². The minimum atomic E-state index is 0.633. The second kappa shape index (κ2) is 6.19. The quantitative estimate of drug-likeness (QED) is 0.889. The Morgan fingerprint density at radius 1 is 1.28 bits per heavy atom. The van der Waals surface area contributed by atoms with Gasteiger partial charge in [0, 0.05) is 24.3 Å². The molecule has 1 aliphatic carbocycles. The number of nitrogens with one attached hydrogen (secondary N) is 1. The minimum absolute atomic E-state index is 0.633. The first-order valence-electron chi connectivity index (χ1n) is 6.90. The van der Waals surface area contributed by atoms with Gasteiger partial charge >= 0.3 is 0 Å². The van der Waals surface area contributed by atoms with Gasteiger partial charge in [-0.25, -0.2) is 4.98 Å². The number of rotatable bonds is 4. The molecule has 0 aliphatic heterocycles. The van der Waals surface area contributed by atoms with Crippen LogP contribution < -0.4 is 10.1 Å². The molecule has 1 N–H and O–H groups in total. The van der Waals surface area contributed by atoms with E-state index in [0.29, 0.717) is 6.04 Å². The van der Waals surface area contributed by atoms with Crippen LogP contribution in [-0.2, 0) is 6.54 Å². The van der Waals surface area contributed by atoms with Crippen LogP contribution in [0.15, 0.2) is 18.3 Å². The molecule has 0 radical (unpaired) electrons. The molecule has 0 amide bonds. The predicted octanol–water partition coefficient (Wildman–Crippen LogP) is 3.00. The van der Waals surface area contributed by atoms with E-state index in [4.69, 9.17) is 4.74 Å². The summed E-state index contributed by atoms with van der Waals surface area (Å²) in [4.78, 5) is 4.23. The molecule has 100 valence electrons. The van der Waals surface area contributed by atoms with Crippen molar-refractivity contribution in [1.29, 1.82) is 0 Å². The molecular weight excluding hydrogens is 224 g/mol. The Bertz CT molecular complexity index is 371. The molecular formula is C15H24N2O. The van der Waals surface area contributed by atoms with E-state index in [9.17, 15) is 0 Å². The highest BCUT2D eigenvalue weighted by Crippen LogP contribution is 2.28. The van der Waals surface area contributed by atoms with Crippen LogP contribution in [0.1, 0.15) is 38.7 Å². The van der Waals surface area contributed by atoms with Crippen molar-refractivity contribution >= 4 is 0 Å². The van der Waals surface area contributed by atoms with Gasteiger partial charge in [-0.05, 0) is 37.2 Å². The van der Waals surface area contributed by atoms with Gasteiger partial charge in [-0.15, -0.1) is 0 Å². The van der Waals surface area contributed by atoms with Gasteiger partial charge in [0.25, 0.3) is 0 Å². The Hall–Kier alpha value is -1.09. The number of ether oxygens (including phenoxy) is 1. The van der Waals surface area contributed by atoms with Gasteiger partial charge in [-0.1, -0.05) is 19.9 Å². The van der Waals surface area contributed by atoms with E-state index in [2.05, 4.69) is 30.2 Å². The second-order valence-corrected chi connectivity index (χ2v) is 5.67. The van der Waals surface area contributed by atoms with E-state index < -0.39 is 0 Å². The zero-order valence-corrected chi connectivity index (χ0v) is 11.6. The molecule has 2 unspecified atom stereocenters. The smallest absolute Gasteiger partial charge is 0.217 e. The highest BCUT2D eigenvalue weighted by Gasteiger charge is 2.23. The third-order valence-corrected chi connectivity index (χ3v) is 3.80. The molecule has 0 bridgehead atoms. The Morgan fingerprint density at radius 3 is 2.67 bits per heavy atom. The fourth-order valence-electron chi connectivity index (χ4n) is 3.11. The minimum Gasteiger partial charge on any atom is -0.481 e. The summed E-state index contributed by atoms with van der Waals surface area (Å²) in [6.07, 6.45) is 5.71. The van der Waals surface area contributed by atoms with Crippen LogP contribution in [0.4, 0.5) is 0 Å². The Labute approximate surface area is 110 Å².